The standard InChI is InChI=1S/C21H22N2O4S/c1-3-27-20-11-7-6-10-19(20)22-21(24)15(2)23-28(25,26)18-13-12-16-8-4-5-9-17(16)14-18/h4-15,23H,3H2,1-2H3,(H,22,24)/t15-/m0/s1. The van der Waals surface area contributed by atoms with Crippen LogP contribution in [0.2, 0.25) is 0 Å². The first-order chi connectivity index (χ1) is 13.4. The third-order valence-electron chi connectivity index (χ3n) is 4.20. The highest BCUT2D eigenvalue weighted by atomic mass is 32.2. The summed E-state index contributed by atoms with van der Waals surface area (Å²) in [6.45, 7) is 3.80. The van der Waals surface area contributed by atoms with Gasteiger partial charge in [0.25, 0.3) is 0 Å². The Labute approximate surface area is 164 Å². The van der Waals surface area contributed by atoms with Gasteiger partial charge < -0.3 is 10.1 Å². The number of hydrogen-bond acceptors (Lipinski definition) is 4. The average Bonchev–Trinajstić information content (AvgIpc) is 2.69. The summed E-state index contributed by atoms with van der Waals surface area (Å²) in [7, 11) is -3.85. The molecule has 1 amide bonds. The third kappa shape index (κ3) is 4.49. The molecule has 3 aromatic carbocycles. The van der Waals surface area contributed by atoms with E-state index in [9.17, 15) is 13.2 Å². The second-order valence-electron chi connectivity index (χ2n) is 6.27. The maximum Gasteiger partial charge on any atom is 0.242 e. The minimum Gasteiger partial charge on any atom is -0.492 e. The molecule has 6 nitrogen and oxygen atoms in total. The molecular weight excluding hydrogens is 376 g/mol. The predicted octanol–water partition coefficient (Wildman–Crippen LogP) is 3.54. The molecule has 0 aliphatic carbocycles. The maximum atomic E-state index is 12.7. The molecule has 3 aromatic rings. The van der Waals surface area contributed by atoms with Gasteiger partial charge in [-0.2, -0.15) is 4.72 Å². The molecule has 0 bridgehead atoms. The summed E-state index contributed by atoms with van der Waals surface area (Å²) in [4.78, 5) is 12.6. The lowest BCUT2D eigenvalue weighted by Crippen LogP contribution is -2.41. The molecule has 0 saturated carbocycles. The molecule has 0 aromatic heterocycles. The number of carbonyl (C=O) groups excluding carboxylic acids is 1. The molecule has 0 heterocycles. The lowest BCUT2D eigenvalue weighted by atomic mass is 10.1. The number of anilines is 1. The van der Waals surface area contributed by atoms with Gasteiger partial charge in [0.15, 0.2) is 0 Å². The van der Waals surface area contributed by atoms with Crippen LogP contribution < -0.4 is 14.8 Å². The number of nitrogens with one attached hydrogen (secondary N) is 2. The molecule has 3 rings (SSSR count). The molecule has 0 saturated heterocycles. The lowest BCUT2D eigenvalue weighted by molar-refractivity contribution is -0.117. The zero-order valence-electron chi connectivity index (χ0n) is 15.7. The van der Waals surface area contributed by atoms with Crippen molar-refractivity contribution in [1.82, 2.24) is 4.72 Å². The summed E-state index contributed by atoms with van der Waals surface area (Å²) in [5, 5.41) is 4.47. The molecule has 146 valence electrons. The van der Waals surface area contributed by atoms with Crippen molar-refractivity contribution in [3.8, 4) is 5.75 Å². The van der Waals surface area contributed by atoms with Crippen LogP contribution in [0.1, 0.15) is 13.8 Å². The van der Waals surface area contributed by atoms with Crippen molar-refractivity contribution >= 4 is 32.4 Å². The molecule has 2 N–H and O–H groups in total. The fourth-order valence-corrected chi connectivity index (χ4v) is 4.02. The summed E-state index contributed by atoms with van der Waals surface area (Å²) in [6.07, 6.45) is 0. The monoisotopic (exact) mass is 398 g/mol. The molecule has 0 fully saturated rings. The number of carbonyl (C=O) groups is 1. The third-order valence-corrected chi connectivity index (χ3v) is 5.74. The topological polar surface area (TPSA) is 84.5 Å². The van der Waals surface area contributed by atoms with Crippen molar-refractivity contribution in [2.45, 2.75) is 24.8 Å². The van der Waals surface area contributed by atoms with Crippen LogP contribution in [-0.2, 0) is 14.8 Å². The van der Waals surface area contributed by atoms with Gasteiger partial charge in [0.2, 0.25) is 15.9 Å². The highest BCUT2D eigenvalue weighted by Gasteiger charge is 2.23. The number of hydrogen-bond donors (Lipinski definition) is 2. The first kappa shape index (κ1) is 19.9. The van der Waals surface area contributed by atoms with E-state index < -0.39 is 22.0 Å². The van der Waals surface area contributed by atoms with E-state index in [2.05, 4.69) is 10.0 Å². The van der Waals surface area contributed by atoms with Crippen LogP contribution in [0.5, 0.6) is 5.75 Å². The van der Waals surface area contributed by atoms with Gasteiger partial charge in [0.1, 0.15) is 5.75 Å². The molecule has 0 aliphatic rings. The summed E-state index contributed by atoms with van der Waals surface area (Å²) in [5.41, 5.74) is 0.492. The van der Waals surface area contributed by atoms with E-state index in [0.29, 0.717) is 18.0 Å². The minimum atomic E-state index is -3.85. The van der Waals surface area contributed by atoms with Crippen molar-refractivity contribution in [3.63, 3.8) is 0 Å². The smallest absolute Gasteiger partial charge is 0.242 e. The number of ether oxygens (including phenoxy) is 1. The number of amides is 1. The lowest BCUT2D eigenvalue weighted by Gasteiger charge is -2.16. The van der Waals surface area contributed by atoms with E-state index in [1.807, 2.05) is 31.2 Å². The number of benzene rings is 3. The summed E-state index contributed by atoms with van der Waals surface area (Å²) in [5.74, 6) is 0.0550. The maximum absolute atomic E-state index is 12.7. The summed E-state index contributed by atoms with van der Waals surface area (Å²) in [6, 6.07) is 18.4. The Morgan fingerprint density at radius 2 is 1.68 bits per heavy atom. The summed E-state index contributed by atoms with van der Waals surface area (Å²) >= 11 is 0. The van der Waals surface area contributed by atoms with Crippen LogP contribution in [0.3, 0.4) is 0 Å². The molecule has 0 radical (unpaired) electrons. The molecule has 0 unspecified atom stereocenters. The van der Waals surface area contributed by atoms with E-state index in [1.54, 1.807) is 36.4 Å². The molecule has 7 heteroatoms. The van der Waals surface area contributed by atoms with E-state index >= 15 is 0 Å². The molecule has 0 spiro atoms. The Bertz CT molecular complexity index is 1100. The van der Waals surface area contributed by atoms with Crippen LogP contribution in [0.25, 0.3) is 10.8 Å². The first-order valence-electron chi connectivity index (χ1n) is 8.94. The van der Waals surface area contributed by atoms with Crippen LogP contribution in [0, 0.1) is 0 Å². The van der Waals surface area contributed by atoms with Gasteiger partial charge in [-0.25, -0.2) is 8.42 Å². The van der Waals surface area contributed by atoms with Crippen LogP contribution in [-0.4, -0.2) is 27.0 Å². The van der Waals surface area contributed by atoms with Crippen LogP contribution in [0.4, 0.5) is 5.69 Å². The SMILES string of the molecule is CCOc1ccccc1NC(=O)[C@H](C)NS(=O)(=O)c1ccc2ccccc2c1. The highest BCUT2D eigenvalue weighted by Crippen LogP contribution is 2.24. The Morgan fingerprint density at radius 3 is 2.43 bits per heavy atom. The van der Waals surface area contributed by atoms with Gasteiger partial charge in [0, 0.05) is 0 Å². The zero-order chi connectivity index (χ0) is 20.1. The van der Waals surface area contributed by atoms with Gasteiger partial charge in [-0.1, -0.05) is 42.5 Å². The molecule has 0 aliphatic heterocycles. The first-order valence-corrected chi connectivity index (χ1v) is 10.4. The van der Waals surface area contributed by atoms with Gasteiger partial charge in [-0.15, -0.1) is 0 Å². The number of para-hydroxylation sites is 2. The van der Waals surface area contributed by atoms with E-state index in [-0.39, 0.29) is 4.90 Å². The largest absolute Gasteiger partial charge is 0.492 e. The summed E-state index contributed by atoms with van der Waals surface area (Å²) < 4.78 is 33.3. The van der Waals surface area contributed by atoms with E-state index in [4.69, 9.17) is 4.74 Å². The number of fused-ring (bicyclic) bond motifs is 1. The van der Waals surface area contributed by atoms with E-state index in [0.717, 1.165) is 10.8 Å². The number of sulfonamides is 1. The number of rotatable bonds is 7. The Balaban J connectivity index is 1.75. The second kappa shape index (κ2) is 8.41. The Kier molecular flexibility index (Phi) is 5.96. The van der Waals surface area contributed by atoms with E-state index in [1.165, 1.54) is 13.0 Å². The van der Waals surface area contributed by atoms with Crippen LogP contribution in [0.15, 0.2) is 71.6 Å². The average molecular weight is 398 g/mol. The van der Waals surface area contributed by atoms with Crippen molar-refractivity contribution < 1.29 is 17.9 Å². The zero-order valence-corrected chi connectivity index (χ0v) is 16.5. The Hall–Kier alpha value is -2.90. The van der Waals surface area contributed by atoms with Crippen molar-refractivity contribution in [2.24, 2.45) is 0 Å². The van der Waals surface area contributed by atoms with Crippen molar-refractivity contribution in [3.05, 3.63) is 66.7 Å². The highest BCUT2D eigenvalue weighted by molar-refractivity contribution is 7.89. The normalized spacial score (nSPS) is 12.5. The van der Waals surface area contributed by atoms with Crippen molar-refractivity contribution in [1.29, 1.82) is 0 Å². The molecule has 28 heavy (non-hydrogen) atoms. The minimum absolute atomic E-state index is 0.112. The van der Waals surface area contributed by atoms with Gasteiger partial charge in [-0.05, 0) is 48.9 Å². The fraction of sp³-hybridized carbons (Fsp3) is 0.190. The molecule has 1 atom stereocenters. The van der Waals surface area contributed by atoms with Crippen molar-refractivity contribution in [2.75, 3.05) is 11.9 Å². The quantitative estimate of drug-likeness (QED) is 0.637. The van der Waals surface area contributed by atoms with Gasteiger partial charge in [0.05, 0.1) is 23.2 Å². The fourth-order valence-electron chi connectivity index (χ4n) is 2.78. The molecular formula is C21H22N2O4S. The second-order valence-corrected chi connectivity index (χ2v) is 7.98. The van der Waals surface area contributed by atoms with Gasteiger partial charge in [-0.3, -0.25) is 4.79 Å². The Morgan fingerprint density at radius 1 is 1.00 bits per heavy atom. The predicted molar refractivity (Wildman–Crippen MR) is 110 cm³/mol. The van der Waals surface area contributed by atoms with Gasteiger partial charge >= 0.3 is 0 Å². The van der Waals surface area contributed by atoms with Crippen LogP contribution >= 0.6 is 0 Å².